The summed E-state index contributed by atoms with van der Waals surface area (Å²) in [6, 6.07) is 0. The maximum absolute atomic E-state index is 12.7. The number of allylic oxidation sites excluding steroid dienone is 2. The Hall–Kier alpha value is -0.150. The molecule has 0 aliphatic rings. The first-order chi connectivity index (χ1) is 14.9. The molecule has 0 aromatic heterocycles. The minimum absolute atomic E-state index is 0.296. The molecule has 0 amide bonds. The largest absolute Gasteiger partial charge is 0.474 e. The van der Waals surface area contributed by atoms with Crippen LogP contribution in [0.5, 0.6) is 0 Å². The van der Waals surface area contributed by atoms with Gasteiger partial charge in [0.1, 0.15) is 0 Å². The molecule has 0 saturated heterocycles. The highest BCUT2D eigenvalue weighted by atomic mass is 31.2. The van der Waals surface area contributed by atoms with E-state index < -0.39 is 7.82 Å². The van der Waals surface area contributed by atoms with E-state index in [0.29, 0.717) is 31.7 Å². The van der Waals surface area contributed by atoms with Gasteiger partial charge in [-0.05, 0) is 43.9 Å². The van der Waals surface area contributed by atoms with E-state index in [1.165, 1.54) is 77.0 Å². The molecule has 0 heterocycles. The van der Waals surface area contributed by atoms with E-state index in [2.05, 4.69) is 19.1 Å². The Kier molecular flexibility index (Phi) is 21.6. The molecule has 0 saturated carbocycles. The van der Waals surface area contributed by atoms with Crippen molar-refractivity contribution in [2.45, 2.75) is 125 Å². The quantitative estimate of drug-likeness (QED) is 0.0865. The Bertz CT molecular complexity index is 433. The van der Waals surface area contributed by atoms with E-state index >= 15 is 0 Å². The zero-order valence-corrected chi connectivity index (χ0v) is 22.3. The number of hydrogen-bond acceptors (Lipinski definition) is 4. The number of phosphoric ester groups is 1. The van der Waals surface area contributed by atoms with Gasteiger partial charge in [0.15, 0.2) is 0 Å². The van der Waals surface area contributed by atoms with Crippen LogP contribution in [0.25, 0.3) is 0 Å². The SMILES string of the molecule is CCCCCCCC/C=C/CCCCCCCCOP(=O)(OCC(C)C)OCC(C)C. The average molecular weight is 461 g/mol. The zero-order chi connectivity index (χ0) is 23.2. The molecule has 0 aliphatic carbocycles. The van der Waals surface area contributed by atoms with Crippen molar-refractivity contribution in [2.75, 3.05) is 19.8 Å². The summed E-state index contributed by atoms with van der Waals surface area (Å²) < 4.78 is 29.2. The predicted molar refractivity (Wildman–Crippen MR) is 135 cm³/mol. The molecule has 0 bridgehead atoms. The van der Waals surface area contributed by atoms with Crippen molar-refractivity contribution in [3.8, 4) is 0 Å². The lowest BCUT2D eigenvalue weighted by atomic mass is 10.1. The van der Waals surface area contributed by atoms with Gasteiger partial charge < -0.3 is 0 Å². The van der Waals surface area contributed by atoms with Crippen molar-refractivity contribution in [1.29, 1.82) is 0 Å². The molecule has 0 rings (SSSR count). The standard InChI is InChI=1S/C26H53O4P/c1-6-7-8-9-10-11-12-13-14-15-16-17-18-19-20-21-22-28-31(27,29-23-25(2)3)30-24-26(4)5/h13-14,25-26H,6-12,15-24H2,1-5H3/b14-13+. The highest BCUT2D eigenvalue weighted by Crippen LogP contribution is 2.50. The molecule has 186 valence electrons. The monoisotopic (exact) mass is 460 g/mol. The normalized spacial score (nSPS) is 12.6. The Balaban J connectivity index is 3.62. The van der Waals surface area contributed by atoms with Crippen LogP contribution in [-0.4, -0.2) is 19.8 Å². The Morgan fingerprint density at radius 3 is 1.48 bits per heavy atom. The van der Waals surface area contributed by atoms with E-state index in [1.807, 2.05) is 27.7 Å². The van der Waals surface area contributed by atoms with E-state index in [-0.39, 0.29) is 0 Å². The lowest BCUT2D eigenvalue weighted by molar-refractivity contribution is 0.0944. The van der Waals surface area contributed by atoms with Crippen molar-refractivity contribution in [1.82, 2.24) is 0 Å². The van der Waals surface area contributed by atoms with Gasteiger partial charge in [0, 0.05) is 0 Å². The van der Waals surface area contributed by atoms with Crippen LogP contribution >= 0.6 is 7.82 Å². The molecular weight excluding hydrogens is 407 g/mol. The first-order valence-electron chi connectivity index (χ1n) is 13.1. The van der Waals surface area contributed by atoms with Crippen molar-refractivity contribution in [3.05, 3.63) is 12.2 Å². The first kappa shape index (κ1) is 30.9. The van der Waals surface area contributed by atoms with Gasteiger partial charge in [0.25, 0.3) is 0 Å². The Labute approximate surface area is 194 Å². The fourth-order valence-electron chi connectivity index (χ4n) is 3.12. The molecule has 0 aliphatic heterocycles. The lowest BCUT2D eigenvalue weighted by Gasteiger charge is -2.20. The van der Waals surface area contributed by atoms with Gasteiger partial charge >= 0.3 is 7.82 Å². The fourth-order valence-corrected chi connectivity index (χ4v) is 4.66. The number of hydrogen-bond donors (Lipinski definition) is 0. The van der Waals surface area contributed by atoms with Crippen LogP contribution in [0.3, 0.4) is 0 Å². The van der Waals surface area contributed by atoms with Crippen LogP contribution in [0.4, 0.5) is 0 Å². The third-order valence-corrected chi connectivity index (χ3v) is 6.47. The zero-order valence-electron chi connectivity index (χ0n) is 21.4. The number of phosphoric acid groups is 1. The van der Waals surface area contributed by atoms with Crippen molar-refractivity contribution in [2.24, 2.45) is 11.8 Å². The summed E-state index contributed by atoms with van der Waals surface area (Å²) in [7, 11) is -3.42. The molecule has 0 atom stereocenters. The summed E-state index contributed by atoms with van der Waals surface area (Å²) in [5, 5.41) is 0. The van der Waals surface area contributed by atoms with Gasteiger partial charge in [-0.15, -0.1) is 0 Å². The molecule has 0 unspecified atom stereocenters. The molecule has 31 heavy (non-hydrogen) atoms. The second-order valence-electron chi connectivity index (χ2n) is 9.60. The average Bonchev–Trinajstić information content (AvgIpc) is 2.73. The molecule has 0 radical (unpaired) electrons. The molecule has 0 N–H and O–H groups in total. The molecule has 0 aromatic carbocycles. The van der Waals surface area contributed by atoms with Gasteiger partial charge in [-0.2, -0.15) is 0 Å². The van der Waals surface area contributed by atoms with Crippen LogP contribution in [0.1, 0.15) is 125 Å². The van der Waals surface area contributed by atoms with Gasteiger partial charge in [0.05, 0.1) is 19.8 Å². The summed E-state index contributed by atoms with van der Waals surface area (Å²) in [6.07, 6.45) is 22.5. The van der Waals surface area contributed by atoms with Crippen molar-refractivity contribution in [3.63, 3.8) is 0 Å². The second-order valence-corrected chi connectivity index (χ2v) is 11.3. The number of unbranched alkanes of at least 4 members (excludes halogenated alkanes) is 12. The lowest BCUT2D eigenvalue weighted by Crippen LogP contribution is -2.09. The van der Waals surface area contributed by atoms with Crippen LogP contribution < -0.4 is 0 Å². The number of rotatable bonds is 23. The predicted octanol–water partition coefficient (Wildman–Crippen LogP) is 9.49. The topological polar surface area (TPSA) is 44.8 Å². The molecule has 0 aromatic rings. The summed E-state index contributed by atoms with van der Waals surface area (Å²) in [4.78, 5) is 0. The van der Waals surface area contributed by atoms with E-state index in [1.54, 1.807) is 0 Å². The summed E-state index contributed by atoms with van der Waals surface area (Å²) in [6.45, 7) is 11.6. The third kappa shape index (κ3) is 22.8. The Morgan fingerprint density at radius 2 is 1.03 bits per heavy atom. The first-order valence-corrected chi connectivity index (χ1v) is 14.5. The Morgan fingerprint density at radius 1 is 0.613 bits per heavy atom. The minimum atomic E-state index is -3.42. The van der Waals surface area contributed by atoms with Crippen LogP contribution in [-0.2, 0) is 18.1 Å². The van der Waals surface area contributed by atoms with Gasteiger partial charge in [-0.25, -0.2) is 4.57 Å². The molecule has 5 heteroatoms. The van der Waals surface area contributed by atoms with Gasteiger partial charge in [-0.3, -0.25) is 13.6 Å². The maximum Gasteiger partial charge on any atom is 0.474 e. The third-order valence-electron chi connectivity index (χ3n) is 5.04. The highest BCUT2D eigenvalue weighted by molar-refractivity contribution is 7.48. The van der Waals surface area contributed by atoms with Gasteiger partial charge in [0.2, 0.25) is 0 Å². The van der Waals surface area contributed by atoms with Crippen LogP contribution in [0.15, 0.2) is 12.2 Å². The second kappa shape index (κ2) is 21.7. The molecule has 4 nitrogen and oxygen atoms in total. The molecular formula is C26H53O4P. The molecule has 0 spiro atoms. The van der Waals surface area contributed by atoms with Crippen LogP contribution in [0, 0.1) is 11.8 Å². The van der Waals surface area contributed by atoms with E-state index in [4.69, 9.17) is 13.6 Å². The summed E-state index contributed by atoms with van der Waals surface area (Å²) in [5.74, 6) is 0.593. The van der Waals surface area contributed by atoms with E-state index in [9.17, 15) is 4.57 Å². The molecule has 0 fully saturated rings. The van der Waals surface area contributed by atoms with Gasteiger partial charge in [-0.1, -0.05) is 105 Å². The summed E-state index contributed by atoms with van der Waals surface area (Å²) in [5.41, 5.74) is 0. The van der Waals surface area contributed by atoms with E-state index in [0.717, 1.165) is 12.8 Å². The summed E-state index contributed by atoms with van der Waals surface area (Å²) >= 11 is 0. The van der Waals surface area contributed by atoms with Crippen molar-refractivity contribution >= 4 is 7.82 Å². The van der Waals surface area contributed by atoms with Crippen molar-refractivity contribution < 1.29 is 18.1 Å². The minimum Gasteiger partial charge on any atom is -0.287 e. The highest BCUT2D eigenvalue weighted by Gasteiger charge is 2.27. The smallest absolute Gasteiger partial charge is 0.287 e. The maximum atomic E-state index is 12.7. The van der Waals surface area contributed by atoms with Crippen LogP contribution in [0.2, 0.25) is 0 Å². The fraction of sp³-hybridized carbons (Fsp3) is 0.923.